The van der Waals surface area contributed by atoms with Gasteiger partial charge in [-0.2, -0.15) is 0 Å². The van der Waals surface area contributed by atoms with E-state index in [2.05, 4.69) is 26.6 Å². The van der Waals surface area contributed by atoms with Gasteiger partial charge in [-0.1, -0.05) is 22.0 Å². The average Bonchev–Trinajstić information content (AvgIpc) is 2.47. The number of hydrogen-bond acceptors (Lipinski definition) is 3. The number of carbonyl (C=O) groups excluding carboxylic acids is 1. The number of rotatable bonds is 3. The molecule has 0 bridgehead atoms. The second-order valence-electron chi connectivity index (χ2n) is 4.15. The predicted molar refractivity (Wildman–Crippen MR) is 90.8 cm³/mol. The summed E-state index contributed by atoms with van der Waals surface area (Å²) in [6.07, 6.45) is 0. The van der Waals surface area contributed by atoms with Gasteiger partial charge in [0.05, 0.1) is 7.11 Å². The highest BCUT2D eigenvalue weighted by Gasteiger charge is 2.08. The van der Waals surface area contributed by atoms with Crippen LogP contribution in [0.25, 0.3) is 0 Å². The van der Waals surface area contributed by atoms with Gasteiger partial charge in [-0.15, -0.1) is 0 Å². The Bertz CT molecular complexity index is 659. The van der Waals surface area contributed by atoms with Crippen LogP contribution in [-0.4, -0.2) is 18.1 Å². The first-order valence-electron chi connectivity index (χ1n) is 6.10. The standard InChI is InChI=1S/C15H13BrN2O2S/c1-20-13-7-5-10(6-8-13)14(19)18-15(21)17-12-4-2-3-11(16)9-12/h2-9H,1H3,(H2,17,18,19,21). The van der Waals surface area contributed by atoms with E-state index in [1.807, 2.05) is 24.3 Å². The summed E-state index contributed by atoms with van der Waals surface area (Å²) in [4.78, 5) is 12.0. The van der Waals surface area contributed by atoms with Gasteiger partial charge >= 0.3 is 0 Å². The van der Waals surface area contributed by atoms with Crippen molar-refractivity contribution in [1.82, 2.24) is 5.32 Å². The van der Waals surface area contributed by atoms with Crippen LogP contribution in [-0.2, 0) is 0 Å². The SMILES string of the molecule is COc1ccc(C(=O)NC(=S)Nc2cccc(Br)c2)cc1. The number of amides is 1. The predicted octanol–water partition coefficient (Wildman–Crippen LogP) is 3.58. The third-order valence-electron chi connectivity index (χ3n) is 2.66. The van der Waals surface area contributed by atoms with Gasteiger partial charge in [-0.05, 0) is 54.7 Å². The molecule has 1 amide bonds. The first kappa shape index (κ1) is 15.5. The lowest BCUT2D eigenvalue weighted by molar-refractivity contribution is 0.0977. The van der Waals surface area contributed by atoms with Crippen molar-refractivity contribution in [1.29, 1.82) is 0 Å². The van der Waals surface area contributed by atoms with Crippen LogP contribution in [0.5, 0.6) is 5.75 Å². The minimum atomic E-state index is -0.273. The molecule has 2 rings (SSSR count). The Balaban J connectivity index is 1.96. The van der Waals surface area contributed by atoms with E-state index in [0.717, 1.165) is 10.2 Å². The number of ether oxygens (including phenoxy) is 1. The molecule has 0 fully saturated rings. The monoisotopic (exact) mass is 364 g/mol. The number of thiocarbonyl (C=S) groups is 1. The van der Waals surface area contributed by atoms with Crippen LogP contribution >= 0.6 is 28.1 Å². The molecule has 0 aromatic heterocycles. The Hall–Kier alpha value is -1.92. The van der Waals surface area contributed by atoms with Gasteiger partial charge in [0, 0.05) is 15.7 Å². The summed E-state index contributed by atoms with van der Waals surface area (Å²) in [5.41, 5.74) is 1.30. The molecule has 2 aromatic carbocycles. The van der Waals surface area contributed by atoms with Gasteiger partial charge in [-0.3, -0.25) is 10.1 Å². The van der Waals surface area contributed by atoms with Gasteiger partial charge in [0.1, 0.15) is 5.75 Å². The fourth-order valence-corrected chi connectivity index (χ4v) is 2.26. The van der Waals surface area contributed by atoms with Gasteiger partial charge in [0.15, 0.2) is 5.11 Å². The van der Waals surface area contributed by atoms with Crippen LogP contribution in [0.1, 0.15) is 10.4 Å². The van der Waals surface area contributed by atoms with Crippen molar-refractivity contribution >= 4 is 44.9 Å². The first-order valence-corrected chi connectivity index (χ1v) is 7.30. The number of anilines is 1. The number of carbonyl (C=O) groups is 1. The Morgan fingerprint density at radius 3 is 2.52 bits per heavy atom. The maximum atomic E-state index is 12.0. The van der Waals surface area contributed by atoms with E-state index in [1.165, 1.54) is 0 Å². The molecular weight excluding hydrogens is 352 g/mol. The Morgan fingerprint density at radius 2 is 1.90 bits per heavy atom. The van der Waals surface area contributed by atoms with Crippen molar-refractivity contribution in [2.75, 3.05) is 12.4 Å². The van der Waals surface area contributed by atoms with Gasteiger partial charge in [0.25, 0.3) is 5.91 Å². The van der Waals surface area contributed by atoms with Crippen LogP contribution in [0.4, 0.5) is 5.69 Å². The van der Waals surface area contributed by atoms with E-state index in [-0.39, 0.29) is 11.0 Å². The van der Waals surface area contributed by atoms with Crippen molar-refractivity contribution in [3.63, 3.8) is 0 Å². The summed E-state index contributed by atoms with van der Waals surface area (Å²) in [7, 11) is 1.58. The molecule has 6 heteroatoms. The number of hydrogen-bond donors (Lipinski definition) is 2. The Labute approximate surface area is 136 Å². The molecule has 0 radical (unpaired) electrons. The average molecular weight is 365 g/mol. The highest BCUT2D eigenvalue weighted by molar-refractivity contribution is 9.10. The fourth-order valence-electron chi connectivity index (χ4n) is 1.65. The van der Waals surface area contributed by atoms with Crippen LogP contribution < -0.4 is 15.4 Å². The lowest BCUT2D eigenvalue weighted by Crippen LogP contribution is -2.34. The molecule has 0 aliphatic carbocycles. The van der Waals surface area contributed by atoms with E-state index in [1.54, 1.807) is 31.4 Å². The fraction of sp³-hybridized carbons (Fsp3) is 0.0667. The van der Waals surface area contributed by atoms with Crippen molar-refractivity contribution in [3.05, 3.63) is 58.6 Å². The maximum Gasteiger partial charge on any atom is 0.257 e. The van der Waals surface area contributed by atoms with Crippen LogP contribution in [0, 0.1) is 0 Å². The van der Waals surface area contributed by atoms with E-state index in [9.17, 15) is 4.79 Å². The number of benzene rings is 2. The van der Waals surface area contributed by atoms with Gasteiger partial charge < -0.3 is 10.1 Å². The molecule has 0 heterocycles. The van der Waals surface area contributed by atoms with E-state index >= 15 is 0 Å². The van der Waals surface area contributed by atoms with Crippen LogP contribution in [0.3, 0.4) is 0 Å². The van der Waals surface area contributed by atoms with Gasteiger partial charge in [0.2, 0.25) is 0 Å². The molecule has 0 saturated heterocycles. The summed E-state index contributed by atoms with van der Waals surface area (Å²) in [6, 6.07) is 14.3. The molecule has 0 aliphatic rings. The summed E-state index contributed by atoms with van der Waals surface area (Å²) in [6.45, 7) is 0. The molecule has 108 valence electrons. The van der Waals surface area contributed by atoms with E-state index in [4.69, 9.17) is 17.0 Å². The molecule has 0 atom stereocenters. The number of methoxy groups -OCH3 is 1. The third-order valence-corrected chi connectivity index (χ3v) is 3.36. The molecule has 21 heavy (non-hydrogen) atoms. The quantitative estimate of drug-likeness (QED) is 0.817. The van der Waals surface area contributed by atoms with Crippen LogP contribution in [0.15, 0.2) is 53.0 Å². The molecular formula is C15H13BrN2O2S. The number of nitrogens with one attached hydrogen (secondary N) is 2. The lowest BCUT2D eigenvalue weighted by atomic mass is 10.2. The summed E-state index contributed by atoms with van der Waals surface area (Å²) < 4.78 is 5.97. The molecule has 0 spiro atoms. The van der Waals surface area contributed by atoms with Crippen molar-refractivity contribution < 1.29 is 9.53 Å². The largest absolute Gasteiger partial charge is 0.497 e. The minimum Gasteiger partial charge on any atom is -0.497 e. The van der Waals surface area contributed by atoms with Crippen molar-refractivity contribution in [2.45, 2.75) is 0 Å². The summed E-state index contributed by atoms with van der Waals surface area (Å²) in [5, 5.41) is 5.82. The Morgan fingerprint density at radius 1 is 1.19 bits per heavy atom. The molecule has 2 aromatic rings. The van der Waals surface area contributed by atoms with Crippen molar-refractivity contribution in [2.24, 2.45) is 0 Å². The van der Waals surface area contributed by atoms with E-state index in [0.29, 0.717) is 11.3 Å². The zero-order valence-electron chi connectivity index (χ0n) is 11.2. The summed E-state index contributed by atoms with van der Waals surface area (Å²) >= 11 is 8.49. The van der Waals surface area contributed by atoms with Crippen LogP contribution in [0.2, 0.25) is 0 Å². The summed E-state index contributed by atoms with van der Waals surface area (Å²) in [5.74, 6) is 0.423. The van der Waals surface area contributed by atoms with Gasteiger partial charge in [-0.25, -0.2) is 0 Å². The molecule has 2 N–H and O–H groups in total. The normalized spacial score (nSPS) is 9.81. The molecule has 0 aliphatic heterocycles. The molecule has 0 saturated carbocycles. The first-order chi connectivity index (χ1) is 10.1. The second kappa shape index (κ2) is 7.19. The minimum absolute atomic E-state index is 0.244. The topological polar surface area (TPSA) is 50.4 Å². The highest BCUT2D eigenvalue weighted by Crippen LogP contribution is 2.15. The number of halogens is 1. The maximum absolute atomic E-state index is 12.0. The zero-order chi connectivity index (χ0) is 15.2. The second-order valence-corrected chi connectivity index (χ2v) is 5.47. The zero-order valence-corrected chi connectivity index (χ0v) is 13.6. The highest BCUT2D eigenvalue weighted by atomic mass is 79.9. The third kappa shape index (κ3) is 4.54. The van der Waals surface area contributed by atoms with Crippen molar-refractivity contribution in [3.8, 4) is 5.75 Å². The molecule has 0 unspecified atom stereocenters. The lowest BCUT2D eigenvalue weighted by Gasteiger charge is -2.10. The van der Waals surface area contributed by atoms with E-state index < -0.39 is 0 Å². The Kier molecular flexibility index (Phi) is 5.30. The molecule has 4 nitrogen and oxygen atoms in total. The smallest absolute Gasteiger partial charge is 0.257 e.